The summed E-state index contributed by atoms with van der Waals surface area (Å²) >= 11 is 1.45. The van der Waals surface area contributed by atoms with Crippen LogP contribution in [0.25, 0.3) is 0 Å². The molecular weight excluding hydrogens is 316 g/mol. The molecule has 1 aromatic rings. The normalized spacial score (nSPS) is 14.9. The fourth-order valence-electron chi connectivity index (χ4n) is 2.58. The number of carbonyl (C=O) groups is 3. The van der Waals surface area contributed by atoms with Gasteiger partial charge in [-0.3, -0.25) is 14.4 Å². The number of rotatable bonds is 7. The fraction of sp³-hybridized carbons (Fsp3) is 0.471. The van der Waals surface area contributed by atoms with Crippen molar-refractivity contribution in [3.05, 3.63) is 29.3 Å². The Labute approximate surface area is 139 Å². The second kappa shape index (κ2) is 8.15. The summed E-state index contributed by atoms with van der Waals surface area (Å²) in [6.45, 7) is 0. The smallest absolute Gasteiger partial charge is 0.307 e. The third-order valence-electron chi connectivity index (χ3n) is 3.95. The van der Waals surface area contributed by atoms with Crippen molar-refractivity contribution in [2.75, 3.05) is 12.9 Å². The summed E-state index contributed by atoms with van der Waals surface area (Å²) in [6, 6.07) is 5.69. The zero-order chi connectivity index (χ0) is 16.8. The summed E-state index contributed by atoms with van der Waals surface area (Å²) in [4.78, 5) is 35.2. The highest BCUT2D eigenvalue weighted by Gasteiger charge is 2.21. The maximum Gasteiger partial charge on any atom is 0.307 e. The van der Waals surface area contributed by atoms with Gasteiger partial charge in [-0.2, -0.15) is 0 Å². The maximum absolute atomic E-state index is 11.8. The Morgan fingerprint density at radius 3 is 2.83 bits per heavy atom. The molecule has 0 bridgehead atoms. The lowest BCUT2D eigenvalue weighted by Gasteiger charge is -2.16. The summed E-state index contributed by atoms with van der Waals surface area (Å²) in [6.07, 6.45) is 2.73. The molecule has 2 rings (SSSR count). The first-order valence-electron chi connectivity index (χ1n) is 7.60. The molecule has 0 saturated heterocycles. The van der Waals surface area contributed by atoms with Gasteiger partial charge in [0.2, 0.25) is 0 Å². The molecule has 124 valence electrons. The quantitative estimate of drug-likeness (QED) is 0.609. The molecule has 1 aliphatic carbocycles. The summed E-state index contributed by atoms with van der Waals surface area (Å²) < 4.78 is 4.54. The fourth-order valence-corrected chi connectivity index (χ4v) is 3.67. The van der Waals surface area contributed by atoms with E-state index in [1.54, 1.807) is 0 Å². The lowest BCUT2D eigenvalue weighted by Crippen LogP contribution is -2.18. The van der Waals surface area contributed by atoms with Crippen LogP contribution in [0.1, 0.15) is 41.6 Å². The van der Waals surface area contributed by atoms with Gasteiger partial charge >= 0.3 is 11.9 Å². The standard InChI is InChI=1S/C17H20O5S/c1-22-16(19)8-5-12(17(20)21)10-23-13-6-7-14-11(9-13)3-2-4-15(14)18/h6-7,9,12H,2-5,8,10H2,1H3,(H,20,21). The number of hydrogen-bond acceptors (Lipinski definition) is 5. The Hall–Kier alpha value is -1.82. The van der Waals surface area contributed by atoms with Crippen LogP contribution in [0, 0.1) is 5.92 Å². The number of carboxylic acids is 1. The van der Waals surface area contributed by atoms with Crippen molar-refractivity contribution in [1.29, 1.82) is 0 Å². The van der Waals surface area contributed by atoms with Crippen LogP contribution in [0.4, 0.5) is 0 Å². The molecule has 0 amide bonds. The van der Waals surface area contributed by atoms with Gasteiger partial charge in [0, 0.05) is 29.1 Å². The number of carbonyl (C=O) groups excluding carboxylic acids is 2. The molecule has 6 heteroatoms. The van der Waals surface area contributed by atoms with Crippen LogP contribution < -0.4 is 0 Å². The largest absolute Gasteiger partial charge is 0.481 e. The van der Waals surface area contributed by atoms with Crippen molar-refractivity contribution in [2.24, 2.45) is 5.92 Å². The van der Waals surface area contributed by atoms with Crippen LogP contribution in [0.3, 0.4) is 0 Å². The molecule has 0 heterocycles. The Morgan fingerprint density at radius 2 is 2.13 bits per heavy atom. The zero-order valence-corrected chi connectivity index (χ0v) is 13.9. The van der Waals surface area contributed by atoms with Crippen molar-refractivity contribution in [3.63, 3.8) is 0 Å². The summed E-state index contributed by atoms with van der Waals surface area (Å²) in [5, 5.41) is 9.25. The van der Waals surface area contributed by atoms with E-state index in [4.69, 9.17) is 0 Å². The van der Waals surface area contributed by atoms with Crippen LogP contribution in [-0.2, 0) is 20.7 Å². The third-order valence-corrected chi connectivity index (χ3v) is 5.11. The van der Waals surface area contributed by atoms with Gasteiger partial charge in [-0.25, -0.2) is 0 Å². The van der Waals surface area contributed by atoms with Gasteiger partial charge in [0.25, 0.3) is 0 Å². The van der Waals surface area contributed by atoms with Crippen LogP contribution in [0.15, 0.2) is 23.1 Å². The Balaban J connectivity index is 1.96. The van der Waals surface area contributed by atoms with Crippen molar-refractivity contribution >= 4 is 29.5 Å². The molecule has 0 radical (unpaired) electrons. The van der Waals surface area contributed by atoms with Gasteiger partial charge in [-0.15, -0.1) is 11.8 Å². The van der Waals surface area contributed by atoms with E-state index < -0.39 is 17.9 Å². The molecule has 1 atom stereocenters. The van der Waals surface area contributed by atoms with E-state index in [1.807, 2.05) is 18.2 Å². The number of ether oxygens (including phenoxy) is 1. The first kappa shape index (κ1) is 17.5. The van der Waals surface area contributed by atoms with Crippen molar-refractivity contribution in [2.45, 2.75) is 37.0 Å². The number of Topliss-reactive ketones (excluding diaryl/α,β-unsaturated/α-hetero) is 1. The van der Waals surface area contributed by atoms with E-state index in [-0.39, 0.29) is 18.6 Å². The van der Waals surface area contributed by atoms with Gasteiger partial charge in [-0.1, -0.05) is 6.07 Å². The van der Waals surface area contributed by atoms with Crippen LogP contribution in [0.5, 0.6) is 0 Å². The zero-order valence-electron chi connectivity index (χ0n) is 13.0. The van der Waals surface area contributed by atoms with E-state index in [2.05, 4.69) is 4.74 Å². The topological polar surface area (TPSA) is 80.7 Å². The lowest BCUT2D eigenvalue weighted by molar-refractivity contribution is -0.143. The number of hydrogen-bond donors (Lipinski definition) is 1. The Morgan fingerprint density at radius 1 is 1.35 bits per heavy atom. The minimum Gasteiger partial charge on any atom is -0.481 e. The monoisotopic (exact) mass is 336 g/mol. The van der Waals surface area contributed by atoms with E-state index in [1.165, 1.54) is 18.9 Å². The molecule has 0 saturated carbocycles. The second-order valence-corrected chi connectivity index (χ2v) is 6.65. The third kappa shape index (κ3) is 4.82. The molecule has 0 aromatic heterocycles. The minimum atomic E-state index is -0.908. The number of esters is 1. The average molecular weight is 336 g/mol. The number of carboxylic acid groups (broad SMARTS) is 1. The number of thioether (sulfide) groups is 1. The summed E-state index contributed by atoms with van der Waals surface area (Å²) in [7, 11) is 1.29. The predicted molar refractivity (Wildman–Crippen MR) is 86.8 cm³/mol. The van der Waals surface area contributed by atoms with Gasteiger partial charge < -0.3 is 9.84 Å². The molecule has 1 aliphatic rings. The van der Waals surface area contributed by atoms with Crippen molar-refractivity contribution in [1.82, 2.24) is 0 Å². The first-order valence-corrected chi connectivity index (χ1v) is 8.58. The van der Waals surface area contributed by atoms with Crippen LogP contribution >= 0.6 is 11.8 Å². The van der Waals surface area contributed by atoms with Crippen LogP contribution in [0.2, 0.25) is 0 Å². The molecular formula is C17H20O5S. The second-order valence-electron chi connectivity index (χ2n) is 5.56. The summed E-state index contributed by atoms with van der Waals surface area (Å²) in [5.74, 6) is -1.33. The van der Waals surface area contributed by atoms with Crippen molar-refractivity contribution in [3.8, 4) is 0 Å². The SMILES string of the molecule is COC(=O)CCC(CSc1ccc2c(c1)CCCC2=O)C(=O)O. The van der Waals surface area contributed by atoms with E-state index in [9.17, 15) is 19.5 Å². The molecule has 1 unspecified atom stereocenters. The molecule has 0 aliphatic heterocycles. The molecule has 0 spiro atoms. The number of benzene rings is 1. The van der Waals surface area contributed by atoms with Gasteiger partial charge in [-0.05, 0) is 37.0 Å². The average Bonchev–Trinajstić information content (AvgIpc) is 2.54. The Bertz CT molecular complexity index is 611. The highest BCUT2D eigenvalue weighted by molar-refractivity contribution is 7.99. The van der Waals surface area contributed by atoms with E-state index >= 15 is 0 Å². The molecule has 1 N–H and O–H groups in total. The highest BCUT2D eigenvalue weighted by Crippen LogP contribution is 2.29. The van der Waals surface area contributed by atoms with Gasteiger partial charge in [0.1, 0.15) is 0 Å². The number of aliphatic carboxylic acids is 1. The number of methoxy groups -OCH3 is 1. The molecule has 5 nitrogen and oxygen atoms in total. The Kier molecular flexibility index (Phi) is 6.21. The van der Waals surface area contributed by atoms with Crippen molar-refractivity contribution < 1.29 is 24.2 Å². The predicted octanol–water partition coefficient (Wildman–Crippen LogP) is 2.95. The van der Waals surface area contributed by atoms with Gasteiger partial charge in [0.15, 0.2) is 5.78 Å². The number of fused-ring (bicyclic) bond motifs is 1. The lowest BCUT2D eigenvalue weighted by atomic mass is 9.91. The number of aryl methyl sites for hydroxylation is 1. The molecule has 0 fully saturated rings. The van der Waals surface area contributed by atoms with Gasteiger partial charge in [0.05, 0.1) is 13.0 Å². The molecule has 1 aromatic carbocycles. The minimum absolute atomic E-state index is 0.104. The van der Waals surface area contributed by atoms with E-state index in [0.717, 1.165) is 28.9 Å². The number of ketones is 1. The molecule has 23 heavy (non-hydrogen) atoms. The highest BCUT2D eigenvalue weighted by atomic mass is 32.2. The van der Waals surface area contributed by atoms with E-state index in [0.29, 0.717) is 12.2 Å². The summed E-state index contributed by atoms with van der Waals surface area (Å²) in [5.41, 5.74) is 1.84. The first-order chi connectivity index (χ1) is 11.0. The maximum atomic E-state index is 11.8. The van der Waals surface area contributed by atoms with Crippen LogP contribution in [-0.4, -0.2) is 35.7 Å².